The van der Waals surface area contributed by atoms with Gasteiger partial charge in [0, 0.05) is 6.54 Å². The smallest absolute Gasteiger partial charge is 0.276 e. The van der Waals surface area contributed by atoms with E-state index in [1.807, 2.05) is 10.7 Å². The zero-order valence-corrected chi connectivity index (χ0v) is 12.1. The molecule has 1 aliphatic rings. The van der Waals surface area contributed by atoms with Crippen molar-refractivity contribution < 1.29 is 4.52 Å². The molecule has 0 aliphatic carbocycles. The largest absolute Gasteiger partial charge is 0.332 e. The predicted molar refractivity (Wildman–Crippen MR) is 75.2 cm³/mol. The van der Waals surface area contributed by atoms with Gasteiger partial charge in [-0.25, -0.2) is 0 Å². The van der Waals surface area contributed by atoms with E-state index in [-0.39, 0.29) is 6.04 Å². The predicted octanol–water partition coefficient (Wildman–Crippen LogP) is 2.33. The van der Waals surface area contributed by atoms with Gasteiger partial charge in [0.15, 0.2) is 5.82 Å². The summed E-state index contributed by atoms with van der Waals surface area (Å²) < 4.78 is 7.36. The number of nitrogens with one attached hydrogen (secondary N) is 1. The summed E-state index contributed by atoms with van der Waals surface area (Å²) in [5.41, 5.74) is 1.97. The van der Waals surface area contributed by atoms with E-state index in [1.165, 1.54) is 12.8 Å². The molecular weight excluding hydrogens is 254 g/mol. The van der Waals surface area contributed by atoms with Crippen LogP contribution in [-0.2, 0) is 13.0 Å². The van der Waals surface area contributed by atoms with Crippen LogP contribution in [0.5, 0.6) is 0 Å². The molecule has 1 fully saturated rings. The second kappa shape index (κ2) is 5.75. The van der Waals surface area contributed by atoms with Crippen molar-refractivity contribution in [2.24, 2.45) is 0 Å². The lowest BCUT2D eigenvalue weighted by Gasteiger charge is -2.19. The molecule has 108 valence electrons. The summed E-state index contributed by atoms with van der Waals surface area (Å²) in [6.45, 7) is 5.99. The summed E-state index contributed by atoms with van der Waals surface area (Å²) in [6.07, 6.45) is 4.43. The third-order valence-electron chi connectivity index (χ3n) is 3.78. The number of hydrogen-bond acceptors (Lipinski definition) is 5. The fraction of sp³-hybridized carbons (Fsp3) is 0.643. The van der Waals surface area contributed by atoms with Gasteiger partial charge in [0.1, 0.15) is 5.69 Å². The highest BCUT2D eigenvalue weighted by Gasteiger charge is 2.22. The van der Waals surface area contributed by atoms with Crippen LogP contribution in [0.2, 0.25) is 0 Å². The number of nitrogens with zero attached hydrogens (tertiary/aromatic N) is 4. The van der Waals surface area contributed by atoms with Crippen LogP contribution in [0.15, 0.2) is 10.6 Å². The number of rotatable bonds is 4. The minimum atomic E-state index is 0.227. The molecule has 6 heteroatoms. The number of aryl methyl sites for hydroxylation is 2. The molecule has 1 aliphatic heterocycles. The van der Waals surface area contributed by atoms with Crippen LogP contribution >= 0.6 is 0 Å². The van der Waals surface area contributed by atoms with Gasteiger partial charge >= 0.3 is 0 Å². The third kappa shape index (κ3) is 2.47. The van der Waals surface area contributed by atoms with Crippen molar-refractivity contribution in [2.45, 2.75) is 52.1 Å². The summed E-state index contributed by atoms with van der Waals surface area (Å²) in [5.74, 6) is 1.34. The first-order valence-electron chi connectivity index (χ1n) is 7.46. The Kier molecular flexibility index (Phi) is 3.82. The second-order valence-corrected chi connectivity index (χ2v) is 5.15. The first-order valence-corrected chi connectivity index (χ1v) is 7.46. The normalized spacial score (nSPS) is 19.4. The van der Waals surface area contributed by atoms with Crippen molar-refractivity contribution >= 4 is 0 Å². The molecular formula is C14H21N5O. The average Bonchev–Trinajstić information content (AvgIpc) is 3.14. The van der Waals surface area contributed by atoms with Gasteiger partial charge in [-0.1, -0.05) is 18.5 Å². The molecule has 0 amide bonds. The molecule has 3 heterocycles. The number of aromatic nitrogens is 4. The molecule has 20 heavy (non-hydrogen) atoms. The van der Waals surface area contributed by atoms with Crippen molar-refractivity contribution in [1.29, 1.82) is 0 Å². The van der Waals surface area contributed by atoms with Crippen molar-refractivity contribution in [3.8, 4) is 11.6 Å². The van der Waals surface area contributed by atoms with E-state index in [0.717, 1.165) is 43.1 Å². The van der Waals surface area contributed by atoms with Crippen LogP contribution in [0.1, 0.15) is 50.7 Å². The van der Waals surface area contributed by atoms with Crippen molar-refractivity contribution in [2.75, 3.05) is 6.54 Å². The summed E-state index contributed by atoms with van der Waals surface area (Å²) >= 11 is 0. The first kappa shape index (κ1) is 13.3. The van der Waals surface area contributed by atoms with E-state index in [1.54, 1.807) is 0 Å². The quantitative estimate of drug-likeness (QED) is 0.927. The molecule has 0 aromatic carbocycles. The molecule has 1 saturated heterocycles. The topological polar surface area (TPSA) is 68.8 Å². The maximum atomic E-state index is 5.44. The molecule has 3 rings (SSSR count). The monoisotopic (exact) mass is 275 g/mol. The standard InChI is InChI=1S/C14H21N5O/c1-3-10-9-12(19(4-2)17-10)14-16-13(18-20-14)11-7-5-6-8-15-11/h9,11,15H,3-8H2,1-2H3. The highest BCUT2D eigenvalue weighted by atomic mass is 16.5. The fourth-order valence-corrected chi connectivity index (χ4v) is 2.61. The molecule has 0 radical (unpaired) electrons. The molecule has 0 spiro atoms. The van der Waals surface area contributed by atoms with Gasteiger partial charge in [-0.2, -0.15) is 10.1 Å². The van der Waals surface area contributed by atoms with E-state index in [2.05, 4.69) is 34.4 Å². The van der Waals surface area contributed by atoms with Gasteiger partial charge in [-0.05, 0) is 38.8 Å². The van der Waals surface area contributed by atoms with Gasteiger partial charge in [-0.3, -0.25) is 4.68 Å². The lowest BCUT2D eigenvalue weighted by atomic mass is 10.0. The zero-order valence-electron chi connectivity index (χ0n) is 12.1. The molecule has 0 bridgehead atoms. The Morgan fingerprint density at radius 1 is 1.40 bits per heavy atom. The fourth-order valence-electron chi connectivity index (χ4n) is 2.61. The molecule has 1 atom stereocenters. The third-order valence-corrected chi connectivity index (χ3v) is 3.78. The van der Waals surface area contributed by atoms with Crippen molar-refractivity contribution in [3.05, 3.63) is 17.6 Å². The number of hydrogen-bond donors (Lipinski definition) is 1. The van der Waals surface area contributed by atoms with Crippen molar-refractivity contribution in [3.63, 3.8) is 0 Å². The summed E-state index contributed by atoms with van der Waals surface area (Å²) in [6, 6.07) is 2.26. The van der Waals surface area contributed by atoms with Crippen LogP contribution in [0.3, 0.4) is 0 Å². The summed E-state index contributed by atoms with van der Waals surface area (Å²) in [7, 11) is 0. The van der Waals surface area contributed by atoms with Crippen molar-refractivity contribution in [1.82, 2.24) is 25.2 Å². The Hall–Kier alpha value is -1.69. The van der Waals surface area contributed by atoms with Gasteiger partial charge in [0.05, 0.1) is 11.7 Å². The molecule has 1 N–H and O–H groups in total. The SMILES string of the molecule is CCc1cc(-c2nc(C3CCCCN3)no2)n(CC)n1. The lowest BCUT2D eigenvalue weighted by Crippen LogP contribution is -2.27. The zero-order chi connectivity index (χ0) is 13.9. The maximum absolute atomic E-state index is 5.44. The minimum absolute atomic E-state index is 0.227. The Bertz CT molecular complexity index is 568. The molecule has 2 aromatic rings. The van der Waals surface area contributed by atoms with E-state index in [0.29, 0.717) is 5.89 Å². The van der Waals surface area contributed by atoms with Gasteiger partial charge in [-0.15, -0.1) is 0 Å². The van der Waals surface area contributed by atoms with E-state index < -0.39 is 0 Å². The Balaban J connectivity index is 1.87. The summed E-state index contributed by atoms with van der Waals surface area (Å²) in [4.78, 5) is 4.56. The molecule has 0 saturated carbocycles. The molecule has 6 nitrogen and oxygen atoms in total. The molecule has 1 unspecified atom stereocenters. The molecule has 2 aromatic heterocycles. The first-order chi connectivity index (χ1) is 9.81. The van der Waals surface area contributed by atoms with E-state index >= 15 is 0 Å². The van der Waals surface area contributed by atoms with E-state index in [4.69, 9.17) is 4.52 Å². The number of piperidine rings is 1. The van der Waals surface area contributed by atoms with E-state index in [9.17, 15) is 0 Å². The van der Waals surface area contributed by atoms with Crippen LogP contribution in [0.25, 0.3) is 11.6 Å². The lowest BCUT2D eigenvalue weighted by molar-refractivity contribution is 0.366. The average molecular weight is 275 g/mol. The van der Waals surface area contributed by atoms with Gasteiger partial charge in [0.2, 0.25) is 0 Å². The highest BCUT2D eigenvalue weighted by Crippen LogP contribution is 2.24. The van der Waals surface area contributed by atoms with Crippen LogP contribution in [-0.4, -0.2) is 26.5 Å². The Morgan fingerprint density at radius 2 is 2.30 bits per heavy atom. The highest BCUT2D eigenvalue weighted by molar-refractivity contribution is 5.48. The second-order valence-electron chi connectivity index (χ2n) is 5.15. The van der Waals surface area contributed by atoms with Gasteiger partial charge in [0.25, 0.3) is 5.89 Å². The van der Waals surface area contributed by atoms with Crippen LogP contribution in [0, 0.1) is 0 Å². The Labute approximate surface area is 118 Å². The van der Waals surface area contributed by atoms with Crippen LogP contribution in [0.4, 0.5) is 0 Å². The minimum Gasteiger partial charge on any atom is -0.332 e. The summed E-state index contributed by atoms with van der Waals surface area (Å²) in [5, 5.41) is 12.1. The Morgan fingerprint density at radius 3 is 3.00 bits per heavy atom. The van der Waals surface area contributed by atoms with Crippen LogP contribution < -0.4 is 5.32 Å². The van der Waals surface area contributed by atoms with Gasteiger partial charge < -0.3 is 9.84 Å². The maximum Gasteiger partial charge on any atom is 0.276 e.